The number of amides is 2. The minimum Gasteiger partial charge on any atom is -0.340 e. The molecule has 5 aromatic rings. The van der Waals surface area contributed by atoms with Crippen LogP contribution in [0.4, 0.5) is 0 Å². The average molecular weight is 481 g/mol. The number of nitrogens with zero attached hydrogens (tertiary/aromatic N) is 2. The van der Waals surface area contributed by atoms with Gasteiger partial charge < -0.3 is 20.6 Å². The molecule has 0 spiro atoms. The van der Waals surface area contributed by atoms with E-state index in [1.165, 1.54) is 0 Å². The average Bonchev–Trinajstić information content (AvgIpc) is 3.49. The molecular weight excluding hydrogens is 452 g/mol. The second-order valence-electron chi connectivity index (χ2n) is 9.94. The number of hydrogen-bond acceptors (Lipinski definition) is 4. The van der Waals surface area contributed by atoms with Gasteiger partial charge in [-0.3, -0.25) is 9.59 Å². The number of aromatic nitrogens is 4. The molecular formula is C28H28N6O2. The second-order valence-corrected chi connectivity index (χ2v) is 9.94. The number of nitrogens with one attached hydrogen (secondary N) is 4. The smallest absolute Gasteiger partial charge is 0.252 e. The summed E-state index contributed by atoms with van der Waals surface area (Å²) in [5, 5.41) is 6.05. The second kappa shape index (κ2) is 8.64. The molecule has 8 nitrogen and oxygen atoms in total. The van der Waals surface area contributed by atoms with E-state index in [1.807, 2.05) is 76.2 Å². The number of fused-ring (bicyclic) bond motifs is 2. The fraction of sp³-hybridized carbons (Fsp3) is 0.214. The number of H-pyrrole nitrogens is 2. The SMILES string of the molecule is CC(C)(NC(=O)c1ccc(C(=O)NC(C)(C)c2nc3ccccc3[nH]2)cc1)c1nc2ccccc2[nH]1. The molecule has 2 amide bonds. The Bertz CT molecular complexity index is 1390. The maximum absolute atomic E-state index is 13.0. The molecule has 36 heavy (non-hydrogen) atoms. The van der Waals surface area contributed by atoms with Crippen molar-refractivity contribution in [2.45, 2.75) is 38.8 Å². The summed E-state index contributed by atoms with van der Waals surface area (Å²) in [7, 11) is 0. The predicted octanol–water partition coefficient (Wildman–Crippen LogP) is 4.77. The van der Waals surface area contributed by atoms with E-state index in [4.69, 9.17) is 0 Å². The fourth-order valence-electron chi connectivity index (χ4n) is 4.10. The molecule has 182 valence electrons. The van der Waals surface area contributed by atoms with E-state index in [-0.39, 0.29) is 11.8 Å². The third-order valence-electron chi connectivity index (χ3n) is 6.22. The first-order valence-corrected chi connectivity index (χ1v) is 11.8. The minimum absolute atomic E-state index is 0.255. The molecule has 0 radical (unpaired) electrons. The van der Waals surface area contributed by atoms with Crippen LogP contribution in [0.3, 0.4) is 0 Å². The zero-order chi connectivity index (χ0) is 25.5. The first-order valence-electron chi connectivity index (χ1n) is 11.8. The lowest BCUT2D eigenvalue weighted by molar-refractivity contribution is 0.0896. The quantitative estimate of drug-likeness (QED) is 0.280. The molecule has 0 aliphatic carbocycles. The Morgan fingerprint density at radius 1 is 0.611 bits per heavy atom. The number of carbonyl (C=O) groups is 2. The lowest BCUT2D eigenvalue weighted by Gasteiger charge is -2.24. The monoisotopic (exact) mass is 480 g/mol. The van der Waals surface area contributed by atoms with Gasteiger partial charge in [0.2, 0.25) is 0 Å². The predicted molar refractivity (Wildman–Crippen MR) is 140 cm³/mol. The van der Waals surface area contributed by atoms with Crippen molar-refractivity contribution in [2.24, 2.45) is 0 Å². The van der Waals surface area contributed by atoms with Crippen LogP contribution in [0, 0.1) is 0 Å². The van der Waals surface area contributed by atoms with Crippen molar-refractivity contribution < 1.29 is 9.59 Å². The molecule has 8 heteroatoms. The Morgan fingerprint density at radius 3 is 1.33 bits per heavy atom. The first-order chi connectivity index (χ1) is 17.1. The molecule has 2 aromatic heterocycles. The summed E-state index contributed by atoms with van der Waals surface area (Å²) in [6.45, 7) is 7.57. The lowest BCUT2D eigenvalue weighted by Crippen LogP contribution is -2.42. The lowest BCUT2D eigenvalue weighted by atomic mass is 10.0. The van der Waals surface area contributed by atoms with Gasteiger partial charge in [-0.1, -0.05) is 24.3 Å². The number of benzene rings is 3. The van der Waals surface area contributed by atoms with E-state index in [0.717, 1.165) is 22.1 Å². The number of aromatic amines is 2. The Balaban J connectivity index is 1.27. The highest BCUT2D eigenvalue weighted by molar-refractivity contribution is 5.98. The zero-order valence-corrected chi connectivity index (χ0v) is 20.6. The summed E-state index contributed by atoms with van der Waals surface area (Å²) >= 11 is 0. The summed E-state index contributed by atoms with van der Waals surface area (Å²) in [4.78, 5) is 41.7. The van der Waals surface area contributed by atoms with Crippen LogP contribution in [0.15, 0.2) is 72.8 Å². The summed E-state index contributed by atoms with van der Waals surface area (Å²) in [5.41, 5.74) is 2.98. The third-order valence-corrected chi connectivity index (χ3v) is 6.22. The van der Waals surface area contributed by atoms with Gasteiger partial charge in [-0.05, 0) is 76.2 Å². The molecule has 0 saturated heterocycles. The third kappa shape index (κ3) is 4.45. The van der Waals surface area contributed by atoms with E-state index in [1.54, 1.807) is 24.3 Å². The molecule has 0 atom stereocenters. The highest BCUT2D eigenvalue weighted by Gasteiger charge is 2.29. The van der Waals surface area contributed by atoms with Gasteiger partial charge in [-0.15, -0.1) is 0 Å². The van der Waals surface area contributed by atoms with Crippen LogP contribution < -0.4 is 10.6 Å². The van der Waals surface area contributed by atoms with Gasteiger partial charge >= 0.3 is 0 Å². The molecule has 0 saturated carbocycles. The number of imidazole rings is 2. The maximum Gasteiger partial charge on any atom is 0.252 e. The van der Waals surface area contributed by atoms with Gasteiger partial charge in [0.1, 0.15) is 11.6 Å². The van der Waals surface area contributed by atoms with Crippen LogP contribution in [0.1, 0.15) is 60.1 Å². The van der Waals surface area contributed by atoms with E-state index >= 15 is 0 Å². The number of hydrogen-bond donors (Lipinski definition) is 4. The van der Waals surface area contributed by atoms with E-state index in [9.17, 15) is 9.59 Å². The van der Waals surface area contributed by atoms with Crippen molar-refractivity contribution in [1.82, 2.24) is 30.6 Å². The normalized spacial score (nSPS) is 12.1. The van der Waals surface area contributed by atoms with Crippen LogP contribution in [0.2, 0.25) is 0 Å². The van der Waals surface area contributed by atoms with Crippen molar-refractivity contribution in [2.75, 3.05) is 0 Å². The summed E-state index contributed by atoms with van der Waals surface area (Å²) in [5.74, 6) is 0.826. The Kier molecular flexibility index (Phi) is 5.59. The highest BCUT2D eigenvalue weighted by atomic mass is 16.2. The summed E-state index contributed by atoms with van der Waals surface area (Å²) in [6.07, 6.45) is 0. The van der Waals surface area contributed by atoms with Crippen LogP contribution in [0.5, 0.6) is 0 Å². The van der Waals surface area contributed by atoms with E-state index in [0.29, 0.717) is 22.8 Å². The van der Waals surface area contributed by atoms with Crippen molar-refractivity contribution in [3.8, 4) is 0 Å². The van der Waals surface area contributed by atoms with Crippen LogP contribution in [-0.2, 0) is 11.1 Å². The molecule has 3 aromatic carbocycles. The van der Waals surface area contributed by atoms with Crippen LogP contribution in [-0.4, -0.2) is 31.8 Å². The topological polar surface area (TPSA) is 116 Å². The largest absolute Gasteiger partial charge is 0.340 e. The van der Waals surface area contributed by atoms with Gasteiger partial charge in [0.05, 0.1) is 33.1 Å². The van der Waals surface area contributed by atoms with Crippen molar-refractivity contribution >= 4 is 33.9 Å². The van der Waals surface area contributed by atoms with E-state index < -0.39 is 11.1 Å². The molecule has 0 unspecified atom stereocenters. The Hall–Kier alpha value is -4.46. The molecule has 0 fully saturated rings. The van der Waals surface area contributed by atoms with Crippen molar-refractivity contribution in [1.29, 1.82) is 0 Å². The van der Waals surface area contributed by atoms with Gasteiger partial charge in [0, 0.05) is 11.1 Å². The van der Waals surface area contributed by atoms with Gasteiger partial charge in [0.25, 0.3) is 11.8 Å². The Labute approximate surface area is 208 Å². The van der Waals surface area contributed by atoms with Gasteiger partial charge in [-0.25, -0.2) is 9.97 Å². The number of carbonyl (C=O) groups excluding carboxylic acids is 2. The molecule has 0 bridgehead atoms. The first kappa shape index (κ1) is 23.3. The van der Waals surface area contributed by atoms with Crippen LogP contribution in [0.25, 0.3) is 22.1 Å². The fourth-order valence-corrected chi connectivity index (χ4v) is 4.10. The minimum atomic E-state index is -0.719. The Morgan fingerprint density at radius 2 is 0.972 bits per heavy atom. The van der Waals surface area contributed by atoms with E-state index in [2.05, 4.69) is 30.6 Å². The maximum atomic E-state index is 13.0. The molecule has 0 aliphatic rings. The number of para-hydroxylation sites is 4. The van der Waals surface area contributed by atoms with Crippen LogP contribution >= 0.6 is 0 Å². The van der Waals surface area contributed by atoms with Crippen molar-refractivity contribution in [3.63, 3.8) is 0 Å². The van der Waals surface area contributed by atoms with Gasteiger partial charge in [-0.2, -0.15) is 0 Å². The van der Waals surface area contributed by atoms with Crippen molar-refractivity contribution in [3.05, 3.63) is 95.6 Å². The molecule has 5 rings (SSSR count). The van der Waals surface area contributed by atoms with Gasteiger partial charge in [0.15, 0.2) is 0 Å². The standard InChI is InChI=1S/C28H28N6O2/c1-27(2,25-29-19-9-5-6-10-20(19)30-25)33-23(35)17-13-15-18(16-14-17)24(36)34-28(3,4)26-31-21-11-7-8-12-22(21)32-26/h5-16H,1-4H3,(H,29,30)(H,31,32)(H,33,35)(H,34,36). The number of rotatable bonds is 6. The highest BCUT2D eigenvalue weighted by Crippen LogP contribution is 2.23. The molecule has 4 N–H and O–H groups in total. The summed E-state index contributed by atoms with van der Waals surface area (Å²) in [6, 6.07) is 22.0. The molecule has 2 heterocycles. The zero-order valence-electron chi connectivity index (χ0n) is 20.6. The molecule has 0 aliphatic heterocycles. The summed E-state index contributed by atoms with van der Waals surface area (Å²) < 4.78 is 0.